The van der Waals surface area contributed by atoms with Crippen LogP contribution in [0.3, 0.4) is 0 Å². The Kier molecular flexibility index (Phi) is 7.74. The second-order valence-corrected chi connectivity index (χ2v) is 8.52. The van der Waals surface area contributed by atoms with Gasteiger partial charge in [-0.15, -0.1) is 0 Å². The minimum Gasteiger partial charge on any atom is -0.445 e. The summed E-state index contributed by atoms with van der Waals surface area (Å²) in [5, 5.41) is -6.96. The van der Waals surface area contributed by atoms with Gasteiger partial charge in [0, 0.05) is 19.5 Å². The third-order valence-electron chi connectivity index (χ3n) is 4.51. The average molecular weight is 529 g/mol. The molecule has 34 heavy (non-hydrogen) atoms. The van der Waals surface area contributed by atoms with E-state index in [9.17, 15) is 52.7 Å². The summed E-state index contributed by atoms with van der Waals surface area (Å²) in [6.07, 6.45) is -8.22. The van der Waals surface area contributed by atoms with E-state index in [-0.39, 0.29) is 19.6 Å². The number of halogens is 9. The third-order valence-corrected chi connectivity index (χ3v) is 5.83. The zero-order valence-corrected chi connectivity index (χ0v) is 17.6. The molecule has 0 saturated carbocycles. The number of rotatable bonds is 7. The Bertz CT molecular complexity index is 1010. The molecule has 0 N–H and O–H groups in total. The summed E-state index contributed by atoms with van der Waals surface area (Å²) in [7, 11) is -7.03. The number of hydrogen-bond acceptors (Lipinski definition) is 5. The van der Waals surface area contributed by atoms with Crippen molar-refractivity contribution in [2.75, 3.05) is 13.1 Å². The van der Waals surface area contributed by atoms with Gasteiger partial charge in [0.2, 0.25) is 0 Å². The van der Waals surface area contributed by atoms with Gasteiger partial charge in [0.25, 0.3) is 0 Å². The fourth-order valence-electron chi connectivity index (χ4n) is 2.62. The minimum absolute atomic E-state index is 0.143. The summed E-state index contributed by atoms with van der Waals surface area (Å²) in [6.45, 7) is -0.717. The molecule has 0 fully saturated rings. The van der Waals surface area contributed by atoms with Gasteiger partial charge < -0.3 is 13.8 Å². The molecular formula is C18H16F9NO5S. The van der Waals surface area contributed by atoms with Crippen LogP contribution in [-0.4, -0.2) is 55.8 Å². The van der Waals surface area contributed by atoms with Crippen LogP contribution in [0.15, 0.2) is 42.2 Å². The first kappa shape index (κ1) is 27.6. The zero-order chi connectivity index (χ0) is 26.0. The highest BCUT2D eigenvalue weighted by molar-refractivity contribution is 7.88. The lowest BCUT2D eigenvalue weighted by Gasteiger charge is -2.32. The van der Waals surface area contributed by atoms with Gasteiger partial charge >= 0.3 is 39.5 Å². The lowest BCUT2D eigenvalue weighted by molar-refractivity contribution is -0.382. The molecule has 1 aliphatic heterocycles. The quantitative estimate of drug-likeness (QED) is 0.364. The summed E-state index contributed by atoms with van der Waals surface area (Å²) in [5.41, 5.74) is 0.623. The third kappa shape index (κ3) is 5.36. The Balaban J connectivity index is 2.07. The first-order valence-electron chi connectivity index (χ1n) is 9.23. The van der Waals surface area contributed by atoms with E-state index >= 15 is 0 Å². The topological polar surface area (TPSA) is 72.9 Å². The molecule has 0 bridgehead atoms. The molecule has 0 aliphatic carbocycles. The second-order valence-electron chi connectivity index (χ2n) is 6.94. The van der Waals surface area contributed by atoms with Gasteiger partial charge in [-0.2, -0.15) is 47.9 Å². The smallest absolute Gasteiger partial charge is 0.445 e. The summed E-state index contributed by atoms with van der Waals surface area (Å²) < 4.78 is 149. The molecule has 0 radical (unpaired) electrons. The molecule has 16 heteroatoms. The molecule has 1 amide bonds. The molecule has 1 heterocycles. The molecule has 0 atom stereocenters. The van der Waals surface area contributed by atoms with Crippen molar-refractivity contribution in [3.8, 4) is 0 Å². The van der Waals surface area contributed by atoms with E-state index in [2.05, 4.69) is 4.18 Å². The number of amides is 1. The fraction of sp³-hybridized carbons (Fsp3) is 0.500. The molecule has 0 saturated heterocycles. The van der Waals surface area contributed by atoms with Gasteiger partial charge in [0.05, 0.1) is 0 Å². The van der Waals surface area contributed by atoms with Crippen molar-refractivity contribution in [3.05, 3.63) is 47.7 Å². The predicted molar refractivity (Wildman–Crippen MR) is 96.4 cm³/mol. The Labute approximate surface area is 187 Å². The van der Waals surface area contributed by atoms with Crippen molar-refractivity contribution >= 4 is 16.2 Å². The number of benzene rings is 1. The maximum atomic E-state index is 13.8. The molecule has 1 aliphatic rings. The molecule has 6 nitrogen and oxygen atoms in total. The SMILES string of the molecule is O=C(OCc1ccccc1)N1CCC=C(OS(=O)(=O)C(F)(F)C(F)(F)C(F)(F)C(F)(F)F)CC1. The van der Waals surface area contributed by atoms with E-state index in [1.807, 2.05) is 0 Å². The first-order chi connectivity index (χ1) is 15.4. The Hall–Kier alpha value is -2.65. The number of alkyl halides is 9. The van der Waals surface area contributed by atoms with E-state index in [1.165, 1.54) is 0 Å². The van der Waals surface area contributed by atoms with E-state index in [4.69, 9.17) is 4.74 Å². The van der Waals surface area contributed by atoms with Crippen LogP contribution in [0.5, 0.6) is 0 Å². The lowest BCUT2D eigenvalue weighted by Crippen LogP contribution is -2.63. The maximum absolute atomic E-state index is 13.8. The first-order valence-corrected chi connectivity index (χ1v) is 10.6. The summed E-state index contributed by atoms with van der Waals surface area (Å²) in [6, 6.07) is 8.35. The van der Waals surface area contributed by atoms with Gasteiger partial charge in [-0.05, 0) is 18.1 Å². The van der Waals surface area contributed by atoms with E-state index in [0.717, 1.165) is 11.0 Å². The Morgan fingerprint density at radius 3 is 2.06 bits per heavy atom. The average Bonchev–Trinajstić information content (AvgIpc) is 2.96. The van der Waals surface area contributed by atoms with Crippen molar-refractivity contribution < 1.29 is 61.6 Å². The summed E-state index contributed by atoms with van der Waals surface area (Å²) in [4.78, 5) is 13.1. The lowest BCUT2D eigenvalue weighted by atomic mass is 10.1. The van der Waals surface area contributed by atoms with Crippen LogP contribution in [0.4, 0.5) is 44.3 Å². The van der Waals surface area contributed by atoms with Crippen molar-refractivity contribution in [2.24, 2.45) is 0 Å². The molecule has 1 aromatic rings. The Morgan fingerprint density at radius 1 is 0.912 bits per heavy atom. The minimum atomic E-state index is -7.39. The van der Waals surface area contributed by atoms with Gasteiger partial charge in [-0.3, -0.25) is 0 Å². The van der Waals surface area contributed by atoms with Crippen LogP contribution in [0.25, 0.3) is 0 Å². The van der Waals surface area contributed by atoms with Crippen LogP contribution >= 0.6 is 0 Å². The predicted octanol–water partition coefficient (Wildman–Crippen LogP) is 5.08. The second kappa shape index (κ2) is 9.54. The Morgan fingerprint density at radius 2 is 1.50 bits per heavy atom. The highest BCUT2D eigenvalue weighted by Crippen LogP contribution is 2.55. The van der Waals surface area contributed by atoms with E-state index < -0.39 is 58.2 Å². The monoisotopic (exact) mass is 529 g/mol. The normalized spacial score (nSPS) is 16.5. The zero-order valence-electron chi connectivity index (χ0n) is 16.8. The van der Waals surface area contributed by atoms with E-state index in [1.54, 1.807) is 30.3 Å². The highest BCUT2D eigenvalue weighted by Gasteiger charge is 2.86. The van der Waals surface area contributed by atoms with Crippen LogP contribution in [-0.2, 0) is 25.6 Å². The van der Waals surface area contributed by atoms with Gasteiger partial charge in [0.15, 0.2) is 0 Å². The number of carbonyl (C=O) groups excluding carboxylic acids is 1. The number of carbonyl (C=O) groups is 1. The standard InChI is InChI=1S/C18H16F9NO5S/c19-15(20,17(23,24)25)16(21,22)18(26,27)34(30,31)33-13-7-4-9-28(10-8-13)14(29)32-11-12-5-2-1-3-6-12/h1-3,5-7H,4,8-11H2. The molecule has 0 unspecified atom stereocenters. The molecule has 192 valence electrons. The van der Waals surface area contributed by atoms with Gasteiger partial charge in [-0.1, -0.05) is 30.3 Å². The van der Waals surface area contributed by atoms with Crippen molar-refractivity contribution in [2.45, 2.75) is 42.7 Å². The highest BCUT2D eigenvalue weighted by atomic mass is 32.2. The molecule has 0 spiro atoms. The van der Waals surface area contributed by atoms with Crippen LogP contribution in [0.1, 0.15) is 18.4 Å². The number of nitrogens with zero attached hydrogens (tertiary/aromatic N) is 1. The van der Waals surface area contributed by atoms with Crippen molar-refractivity contribution in [1.82, 2.24) is 4.90 Å². The van der Waals surface area contributed by atoms with E-state index in [0.29, 0.717) is 5.56 Å². The molecule has 1 aromatic carbocycles. The number of ether oxygens (including phenoxy) is 1. The summed E-state index contributed by atoms with van der Waals surface area (Å²) >= 11 is 0. The number of hydrogen-bond donors (Lipinski definition) is 0. The molecular weight excluding hydrogens is 513 g/mol. The summed E-state index contributed by atoms with van der Waals surface area (Å²) in [5.74, 6) is -15.7. The fourth-order valence-corrected chi connectivity index (χ4v) is 3.60. The van der Waals surface area contributed by atoms with Crippen LogP contribution < -0.4 is 0 Å². The van der Waals surface area contributed by atoms with Crippen LogP contribution in [0, 0.1) is 0 Å². The van der Waals surface area contributed by atoms with Crippen molar-refractivity contribution in [3.63, 3.8) is 0 Å². The molecule has 0 aromatic heterocycles. The van der Waals surface area contributed by atoms with Crippen molar-refractivity contribution in [1.29, 1.82) is 0 Å². The largest absolute Gasteiger partial charge is 0.460 e. The molecule has 2 rings (SSSR count). The van der Waals surface area contributed by atoms with Crippen LogP contribution in [0.2, 0.25) is 0 Å². The maximum Gasteiger partial charge on any atom is 0.460 e. The van der Waals surface area contributed by atoms with Gasteiger partial charge in [0.1, 0.15) is 12.4 Å². The van der Waals surface area contributed by atoms with Gasteiger partial charge in [-0.25, -0.2) is 4.79 Å².